The van der Waals surface area contributed by atoms with Crippen LogP contribution in [0.5, 0.6) is 0 Å². The lowest BCUT2D eigenvalue weighted by atomic mass is 10.0. The summed E-state index contributed by atoms with van der Waals surface area (Å²) in [5.41, 5.74) is 0. The van der Waals surface area contributed by atoms with E-state index in [9.17, 15) is 0 Å². The number of hydrogen-bond donors (Lipinski definition) is 0. The van der Waals surface area contributed by atoms with E-state index < -0.39 is 8.07 Å². The van der Waals surface area contributed by atoms with Crippen LogP contribution in [0.25, 0.3) is 0 Å². The molecule has 1 aliphatic carbocycles. The minimum Gasteiger partial charge on any atom is -0.381 e. The first kappa shape index (κ1) is 13.2. The smallest absolute Gasteiger partial charge is 0.0528 e. The topological polar surface area (TPSA) is 9.23 Å². The summed E-state index contributed by atoms with van der Waals surface area (Å²) in [6.45, 7) is 9.17. The Hall–Kier alpha value is 0.177. The molecule has 0 N–H and O–H groups in total. The molecule has 1 fully saturated rings. The molecule has 1 aliphatic rings. The molecular formula is C13H27OSi. The molecule has 0 aromatic rings. The highest BCUT2D eigenvalue weighted by atomic mass is 28.3. The molecule has 0 amide bonds. The monoisotopic (exact) mass is 227 g/mol. The van der Waals surface area contributed by atoms with E-state index >= 15 is 0 Å². The minimum atomic E-state index is -0.888. The third kappa shape index (κ3) is 7.12. The average Bonchev–Trinajstić information content (AvgIpc) is 2.39. The molecule has 0 aromatic carbocycles. The van der Waals surface area contributed by atoms with E-state index in [2.05, 4.69) is 19.6 Å². The van der Waals surface area contributed by atoms with E-state index in [0.717, 1.165) is 13.2 Å². The Kier molecular flexibility index (Phi) is 5.91. The van der Waals surface area contributed by atoms with Gasteiger partial charge in [-0.05, 0) is 18.9 Å². The second-order valence-corrected chi connectivity index (χ2v) is 11.6. The van der Waals surface area contributed by atoms with Crippen molar-refractivity contribution in [3.63, 3.8) is 0 Å². The highest BCUT2D eigenvalue weighted by Crippen LogP contribution is 2.24. The van der Waals surface area contributed by atoms with Crippen molar-refractivity contribution in [1.82, 2.24) is 0 Å². The SMILES string of the molecule is C[Si](C)(C)CCOC[C]1CCCCCC1. The standard InChI is InChI=1S/C13H27OSi/c1-15(2,3)11-10-14-12-13-8-6-4-5-7-9-13/h4-12H2,1-3H3. The van der Waals surface area contributed by atoms with E-state index in [4.69, 9.17) is 4.74 Å². The Balaban J connectivity index is 2.03. The highest BCUT2D eigenvalue weighted by molar-refractivity contribution is 6.76. The molecule has 1 saturated carbocycles. The van der Waals surface area contributed by atoms with Crippen molar-refractivity contribution in [1.29, 1.82) is 0 Å². The predicted octanol–water partition coefficient (Wildman–Crippen LogP) is 4.27. The van der Waals surface area contributed by atoms with Crippen LogP contribution in [0.3, 0.4) is 0 Å². The third-order valence-electron chi connectivity index (χ3n) is 3.11. The van der Waals surface area contributed by atoms with Crippen molar-refractivity contribution < 1.29 is 4.74 Å². The molecule has 0 aliphatic heterocycles. The Morgan fingerprint density at radius 3 is 2.13 bits per heavy atom. The molecule has 15 heavy (non-hydrogen) atoms. The van der Waals surface area contributed by atoms with Gasteiger partial charge in [0.05, 0.1) is 6.61 Å². The van der Waals surface area contributed by atoms with Crippen molar-refractivity contribution in [2.45, 2.75) is 64.2 Å². The predicted molar refractivity (Wildman–Crippen MR) is 69.9 cm³/mol. The zero-order chi connectivity index (χ0) is 11.1. The maximum absolute atomic E-state index is 5.80. The molecule has 1 rings (SSSR count). The van der Waals surface area contributed by atoms with Gasteiger partial charge in [-0.1, -0.05) is 45.3 Å². The summed E-state index contributed by atoms with van der Waals surface area (Å²) in [4.78, 5) is 0. The molecule has 0 atom stereocenters. The zero-order valence-electron chi connectivity index (χ0n) is 10.8. The van der Waals surface area contributed by atoms with E-state index in [0.29, 0.717) is 0 Å². The lowest BCUT2D eigenvalue weighted by Gasteiger charge is -2.18. The quantitative estimate of drug-likeness (QED) is 0.387. The molecule has 0 unspecified atom stereocenters. The first-order chi connectivity index (χ1) is 7.08. The van der Waals surface area contributed by atoms with Crippen molar-refractivity contribution in [2.75, 3.05) is 13.2 Å². The second kappa shape index (κ2) is 6.69. The highest BCUT2D eigenvalue weighted by Gasteiger charge is 2.15. The molecule has 0 spiro atoms. The van der Waals surface area contributed by atoms with Gasteiger partial charge in [-0.3, -0.25) is 0 Å². The number of ether oxygens (including phenoxy) is 1. The van der Waals surface area contributed by atoms with E-state index in [1.807, 2.05) is 0 Å². The summed E-state index contributed by atoms with van der Waals surface area (Å²) in [6.07, 6.45) is 8.30. The molecular weight excluding hydrogens is 200 g/mol. The zero-order valence-corrected chi connectivity index (χ0v) is 11.8. The van der Waals surface area contributed by atoms with Crippen LogP contribution in [0, 0.1) is 5.92 Å². The van der Waals surface area contributed by atoms with Gasteiger partial charge in [0, 0.05) is 20.6 Å². The summed E-state index contributed by atoms with van der Waals surface area (Å²) < 4.78 is 5.80. The molecule has 89 valence electrons. The van der Waals surface area contributed by atoms with Crippen LogP contribution in [0.4, 0.5) is 0 Å². The Bertz CT molecular complexity index is 154. The molecule has 1 radical (unpaired) electrons. The Morgan fingerprint density at radius 2 is 1.60 bits per heavy atom. The summed E-state index contributed by atoms with van der Waals surface area (Å²) in [5, 5.41) is 0. The van der Waals surface area contributed by atoms with Crippen LogP contribution in [-0.4, -0.2) is 21.3 Å². The summed E-state index contributed by atoms with van der Waals surface area (Å²) in [7, 11) is -0.888. The van der Waals surface area contributed by atoms with Gasteiger partial charge in [-0.25, -0.2) is 0 Å². The summed E-state index contributed by atoms with van der Waals surface area (Å²) >= 11 is 0. The van der Waals surface area contributed by atoms with E-state index in [1.54, 1.807) is 5.92 Å². The molecule has 0 bridgehead atoms. The fourth-order valence-corrected chi connectivity index (χ4v) is 2.72. The third-order valence-corrected chi connectivity index (χ3v) is 4.82. The Morgan fingerprint density at radius 1 is 1.00 bits per heavy atom. The number of rotatable bonds is 5. The average molecular weight is 227 g/mol. The maximum Gasteiger partial charge on any atom is 0.0528 e. The molecule has 0 heterocycles. The van der Waals surface area contributed by atoms with E-state index in [-0.39, 0.29) is 0 Å². The van der Waals surface area contributed by atoms with Crippen LogP contribution in [-0.2, 0) is 4.74 Å². The summed E-state index contributed by atoms with van der Waals surface area (Å²) in [6, 6.07) is 1.31. The van der Waals surface area contributed by atoms with Gasteiger partial charge in [0.1, 0.15) is 0 Å². The van der Waals surface area contributed by atoms with Crippen LogP contribution in [0.15, 0.2) is 0 Å². The molecule has 0 saturated heterocycles. The largest absolute Gasteiger partial charge is 0.381 e. The van der Waals surface area contributed by atoms with Gasteiger partial charge in [0.15, 0.2) is 0 Å². The normalized spacial score (nSPS) is 20.2. The number of hydrogen-bond acceptors (Lipinski definition) is 1. The van der Waals surface area contributed by atoms with Gasteiger partial charge in [-0.15, -0.1) is 0 Å². The van der Waals surface area contributed by atoms with E-state index in [1.165, 1.54) is 44.6 Å². The molecule has 0 aromatic heterocycles. The van der Waals surface area contributed by atoms with Crippen LogP contribution < -0.4 is 0 Å². The van der Waals surface area contributed by atoms with Crippen molar-refractivity contribution in [3.8, 4) is 0 Å². The summed E-state index contributed by atoms with van der Waals surface area (Å²) in [5.74, 6) is 1.67. The lowest BCUT2D eigenvalue weighted by Crippen LogP contribution is -2.22. The molecule has 1 nitrogen and oxygen atoms in total. The fourth-order valence-electron chi connectivity index (χ4n) is 1.97. The maximum atomic E-state index is 5.80. The van der Waals surface area contributed by atoms with Gasteiger partial charge in [0.25, 0.3) is 0 Å². The van der Waals surface area contributed by atoms with Gasteiger partial charge in [-0.2, -0.15) is 0 Å². The van der Waals surface area contributed by atoms with Crippen LogP contribution in [0.1, 0.15) is 38.5 Å². The lowest BCUT2D eigenvalue weighted by molar-refractivity contribution is 0.151. The van der Waals surface area contributed by atoms with Gasteiger partial charge in [0.2, 0.25) is 0 Å². The van der Waals surface area contributed by atoms with Crippen molar-refractivity contribution >= 4 is 8.07 Å². The first-order valence-electron chi connectivity index (χ1n) is 6.49. The van der Waals surface area contributed by atoms with Crippen LogP contribution >= 0.6 is 0 Å². The van der Waals surface area contributed by atoms with Crippen LogP contribution in [0.2, 0.25) is 25.7 Å². The Labute approximate surface area is 96.6 Å². The fraction of sp³-hybridized carbons (Fsp3) is 0.923. The first-order valence-corrected chi connectivity index (χ1v) is 10.2. The van der Waals surface area contributed by atoms with Gasteiger partial charge >= 0.3 is 0 Å². The molecule has 2 heteroatoms. The van der Waals surface area contributed by atoms with Gasteiger partial charge < -0.3 is 4.74 Å². The van der Waals surface area contributed by atoms with Crippen molar-refractivity contribution in [3.05, 3.63) is 5.92 Å². The van der Waals surface area contributed by atoms with Crippen molar-refractivity contribution in [2.24, 2.45) is 0 Å². The second-order valence-electron chi connectivity index (χ2n) is 6.03. The minimum absolute atomic E-state index is 0.888.